The Morgan fingerprint density at radius 2 is 2.12 bits per heavy atom. The first kappa shape index (κ1) is 13.5. The predicted octanol–water partition coefficient (Wildman–Crippen LogP) is 2.45. The largest absolute Gasteiger partial charge is 0.469 e. The quantitative estimate of drug-likeness (QED) is 0.691. The zero-order valence-electron chi connectivity index (χ0n) is 11.0. The van der Waals surface area contributed by atoms with Gasteiger partial charge in [0.15, 0.2) is 0 Å². The highest BCUT2D eigenvalue weighted by molar-refractivity contribution is 5.72. The van der Waals surface area contributed by atoms with Gasteiger partial charge < -0.3 is 4.74 Å². The van der Waals surface area contributed by atoms with Crippen molar-refractivity contribution in [3.8, 4) is 0 Å². The van der Waals surface area contributed by atoms with E-state index in [0.29, 0.717) is 6.04 Å². The maximum Gasteiger partial charge on any atom is 0.309 e. The lowest BCUT2D eigenvalue weighted by Crippen LogP contribution is -2.49. The zero-order chi connectivity index (χ0) is 12.1. The molecule has 0 N–H and O–H groups in total. The van der Waals surface area contributed by atoms with Gasteiger partial charge in [-0.25, -0.2) is 0 Å². The van der Waals surface area contributed by atoms with E-state index >= 15 is 0 Å². The van der Waals surface area contributed by atoms with Crippen molar-refractivity contribution in [2.45, 2.75) is 58.5 Å². The van der Waals surface area contributed by atoms with E-state index in [2.05, 4.69) is 18.7 Å². The molecule has 0 bridgehead atoms. The molecule has 0 amide bonds. The van der Waals surface area contributed by atoms with Crippen LogP contribution in [0.5, 0.6) is 0 Å². The van der Waals surface area contributed by atoms with Gasteiger partial charge in [-0.15, -0.1) is 0 Å². The zero-order valence-corrected chi connectivity index (χ0v) is 11.0. The first-order chi connectivity index (χ1) is 7.61. The smallest absolute Gasteiger partial charge is 0.309 e. The van der Waals surface area contributed by atoms with Crippen molar-refractivity contribution in [3.63, 3.8) is 0 Å². The molecule has 3 nitrogen and oxygen atoms in total. The van der Waals surface area contributed by atoms with Gasteiger partial charge in [0, 0.05) is 12.1 Å². The Kier molecular flexibility index (Phi) is 5.26. The summed E-state index contributed by atoms with van der Waals surface area (Å²) in [5, 5.41) is 0. The molecule has 1 aliphatic heterocycles. The molecule has 0 aromatic carbocycles. The Balaban J connectivity index is 2.62. The van der Waals surface area contributed by atoms with Gasteiger partial charge in [0.05, 0.1) is 13.0 Å². The molecule has 1 saturated heterocycles. The lowest BCUT2D eigenvalue weighted by Gasteiger charge is -2.41. The molecule has 0 aromatic heterocycles. The molecule has 3 unspecified atom stereocenters. The number of likely N-dealkylation sites (tertiary alicyclic amines) is 1. The van der Waals surface area contributed by atoms with Crippen molar-refractivity contribution in [1.29, 1.82) is 0 Å². The molecule has 1 rings (SSSR count). The SMILES string of the molecule is CCC1CCCCN1C(C)C(C)C(=O)OC. The van der Waals surface area contributed by atoms with Crippen molar-refractivity contribution in [2.75, 3.05) is 13.7 Å². The molecule has 16 heavy (non-hydrogen) atoms. The van der Waals surface area contributed by atoms with Crippen LogP contribution in [0.1, 0.15) is 46.5 Å². The van der Waals surface area contributed by atoms with Crippen LogP contribution in [-0.2, 0) is 9.53 Å². The van der Waals surface area contributed by atoms with Gasteiger partial charge in [-0.1, -0.05) is 20.3 Å². The van der Waals surface area contributed by atoms with Crippen LogP contribution in [0, 0.1) is 5.92 Å². The number of rotatable bonds is 4. The molecule has 0 saturated carbocycles. The van der Waals surface area contributed by atoms with Crippen molar-refractivity contribution in [2.24, 2.45) is 5.92 Å². The second kappa shape index (κ2) is 6.24. The normalized spacial score (nSPS) is 26.1. The first-order valence-electron chi connectivity index (χ1n) is 6.45. The van der Waals surface area contributed by atoms with Gasteiger partial charge in [0.1, 0.15) is 0 Å². The number of carbonyl (C=O) groups is 1. The predicted molar refractivity (Wildman–Crippen MR) is 65.3 cm³/mol. The molecule has 1 fully saturated rings. The third kappa shape index (κ3) is 2.97. The monoisotopic (exact) mass is 227 g/mol. The minimum atomic E-state index is -0.0899. The van der Waals surface area contributed by atoms with Crippen molar-refractivity contribution in [1.82, 2.24) is 4.90 Å². The minimum Gasteiger partial charge on any atom is -0.469 e. The van der Waals surface area contributed by atoms with Crippen LogP contribution >= 0.6 is 0 Å². The maximum atomic E-state index is 11.5. The Labute approximate surface area is 99.1 Å². The van der Waals surface area contributed by atoms with Crippen LogP contribution in [0.2, 0.25) is 0 Å². The molecule has 0 aromatic rings. The maximum absolute atomic E-state index is 11.5. The number of hydrogen-bond donors (Lipinski definition) is 0. The van der Waals surface area contributed by atoms with Gasteiger partial charge in [0.2, 0.25) is 0 Å². The van der Waals surface area contributed by atoms with Gasteiger partial charge in [0.25, 0.3) is 0 Å². The Morgan fingerprint density at radius 3 is 2.69 bits per heavy atom. The molecule has 3 atom stereocenters. The fourth-order valence-corrected chi connectivity index (χ4v) is 2.67. The summed E-state index contributed by atoms with van der Waals surface area (Å²) < 4.78 is 4.83. The highest BCUT2D eigenvalue weighted by atomic mass is 16.5. The Morgan fingerprint density at radius 1 is 1.44 bits per heavy atom. The average molecular weight is 227 g/mol. The summed E-state index contributed by atoms with van der Waals surface area (Å²) >= 11 is 0. The van der Waals surface area contributed by atoms with Gasteiger partial charge in [-0.3, -0.25) is 9.69 Å². The van der Waals surface area contributed by atoms with Crippen LogP contribution in [-0.4, -0.2) is 36.6 Å². The van der Waals surface area contributed by atoms with E-state index in [9.17, 15) is 4.79 Å². The van der Waals surface area contributed by atoms with Gasteiger partial charge >= 0.3 is 5.97 Å². The number of carbonyl (C=O) groups excluding carboxylic acids is 1. The number of ether oxygens (including phenoxy) is 1. The van der Waals surface area contributed by atoms with Gasteiger partial charge in [-0.2, -0.15) is 0 Å². The molecular weight excluding hydrogens is 202 g/mol. The molecule has 0 spiro atoms. The second-order valence-corrected chi connectivity index (χ2v) is 4.85. The highest BCUT2D eigenvalue weighted by Gasteiger charge is 2.31. The minimum absolute atomic E-state index is 0.0304. The van der Waals surface area contributed by atoms with E-state index in [4.69, 9.17) is 4.74 Å². The number of piperidine rings is 1. The summed E-state index contributed by atoms with van der Waals surface area (Å²) in [5.41, 5.74) is 0. The van der Waals surface area contributed by atoms with Crippen molar-refractivity contribution in [3.05, 3.63) is 0 Å². The lowest BCUT2D eigenvalue weighted by atomic mass is 9.93. The molecule has 94 valence electrons. The summed E-state index contributed by atoms with van der Waals surface area (Å²) in [4.78, 5) is 14.0. The average Bonchev–Trinajstić information content (AvgIpc) is 2.35. The summed E-state index contributed by atoms with van der Waals surface area (Å²) in [5.74, 6) is -0.120. The standard InChI is InChI=1S/C13H25NO2/c1-5-12-8-6-7-9-14(12)11(3)10(2)13(15)16-4/h10-12H,5-9H2,1-4H3. The molecule has 0 radical (unpaired) electrons. The van der Waals surface area contributed by atoms with Gasteiger partial charge in [-0.05, 0) is 32.7 Å². The molecular formula is C13H25NO2. The van der Waals surface area contributed by atoms with Crippen LogP contribution < -0.4 is 0 Å². The van der Waals surface area contributed by atoms with Crippen LogP contribution in [0.25, 0.3) is 0 Å². The van der Waals surface area contributed by atoms with E-state index < -0.39 is 0 Å². The van der Waals surface area contributed by atoms with E-state index in [1.807, 2.05) is 6.92 Å². The molecule has 1 aliphatic rings. The number of esters is 1. The topological polar surface area (TPSA) is 29.5 Å². The van der Waals surface area contributed by atoms with E-state index in [-0.39, 0.29) is 17.9 Å². The Hall–Kier alpha value is -0.570. The molecule has 0 aliphatic carbocycles. The molecule has 3 heteroatoms. The molecule has 1 heterocycles. The fourth-order valence-electron chi connectivity index (χ4n) is 2.67. The summed E-state index contributed by atoms with van der Waals surface area (Å²) in [6, 6.07) is 0.938. The van der Waals surface area contributed by atoms with E-state index in [0.717, 1.165) is 6.54 Å². The van der Waals surface area contributed by atoms with Crippen molar-refractivity contribution < 1.29 is 9.53 Å². The first-order valence-corrected chi connectivity index (χ1v) is 6.45. The highest BCUT2D eigenvalue weighted by Crippen LogP contribution is 2.25. The van der Waals surface area contributed by atoms with E-state index in [1.54, 1.807) is 0 Å². The lowest BCUT2D eigenvalue weighted by molar-refractivity contribution is -0.147. The third-order valence-electron chi connectivity index (χ3n) is 3.96. The van der Waals surface area contributed by atoms with Crippen LogP contribution in [0.4, 0.5) is 0 Å². The summed E-state index contributed by atoms with van der Waals surface area (Å²) in [6.45, 7) is 7.48. The number of methoxy groups -OCH3 is 1. The summed E-state index contributed by atoms with van der Waals surface area (Å²) in [6.07, 6.45) is 5.04. The fraction of sp³-hybridized carbons (Fsp3) is 0.923. The van der Waals surface area contributed by atoms with Crippen LogP contribution in [0.15, 0.2) is 0 Å². The Bertz CT molecular complexity index is 230. The summed E-state index contributed by atoms with van der Waals surface area (Å²) in [7, 11) is 1.47. The van der Waals surface area contributed by atoms with Crippen molar-refractivity contribution >= 4 is 5.97 Å². The number of nitrogens with zero attached hydrogens (tertiary/aromatic N) is 1. The number of hydrogen-bond acceptors (Lipinski definition) is 3. The third-order valence-corrected chi connectivity index (χ3v) is 3.96. The van der Waals surface area contributed by atoms with E-state index in [1.165, 1.54) is 32.8 Å². The second-order valence-electron chi connectivity index (χ2n) is 4.85. The van der Waals surface area contributed by atoms with Crippen LogP contribution in [0.3, 0.4) is 0 Å².